The van der Waals surface area contributed by atoms with Crippen LogP contribution in [-0.2, 0) is 6.54 Å². The predicted octanol–water partition coefficient (Wildman–Crippen LogP) is 1.37. The highest BCUT2D eigenvalue weighted by atomic mass is 16.1. The van der Waals surface area contributed by atoms with Crippen molar-refractivity contribution in [3.8, 4) is 0 Å². The van der Waals surface area contributed by atoms with Gasteiger partial charge in [0.1, 0.15) is 0 Å². The zero-order valence-corrected chi connectivity index (χ0v) is 12.1. The minimum absolute atomic E-state index is 0.0274. The lowest BCUT2D eigenvalue weighted by Gasteiger charge is -2.15. The van der Waals surface area contributed by atoms with Crippen LogP contribution in [0.25, 0.3) is 0 Å². The van der Waals surface area contributed by atoms with Gasteiger partial charge in [-0.15, -0.1) is 0 Å². The fourth-order valence-corrected chi connectivity index (χ4v) is 2.91. The number of carbonyl (C=O) groups excluding carboxylic acids is 1. The van der Waals surface area contributed by atoms with E-state index in [9.17, 15) is 4.79 Å². The van der Waals surface area contributed by atoms with Gasteiger partial charge >= 0.3 is 0 Å². The maximum absolute atomic E-state index is 11.5. The van der Waals surface area contributed by atoms with E-state index in [2.05, 4.69) is 15.5 Å². The van der Waals surface area contributed by atoms with Gasteiger partial charge in [-0.05, 0) is 37.0 Å². The van der Waals surface area contributed by atoms with Crippen LogP contribution in [0.1, 0.15) is 35.2 Å². The average molecular weight is 273 g/mol. The second-order valence-corrected chi connectivity index (χ2v) is 5.87. The number of nitrogens with zero attached hydrogens (tertiary/aromatic N) is 1. The molecule has 0 spiro atoms. The predicted molar refractivity (Wildman–Crippen MR) is 79.7 cm³/mol. The molecule has 3 rings (SSSR count). The highest BCUT2D eigenvalue weighted by Gasteiger charge is 2.33. The summed E-state index contributed by atoms with van der Waals surface area (Å²) in [4.78, 5) is 14.1. The van der Waals surface area contributed by atoms with Gasteiger partial charge in [-0.1, -0.05) is 12.1 Å². The summed E-state index contributed by atoms with van der Waals surface area (Å²) in [6.07, 6.45) is 4.05. The van der Waals surface area contributed by atoms with Crippen LogP contribution < -0.4 is 10.6 Å². The number of hydrogen-bond donors (Lipinski definition) is 2. The first kappa shape index (κ1) is 13.6. The maximum Gasteiger partial charge on any atom is 0.251 e. The van der Waals surface area contributed by atoms with Gasteiger partial charge in [-0.2, -0.15) is 0 Å². The third-order valence-electron chi connectivity index (χ3n) is 4.32. The van der Waals surface area contributed by atoms with E-state index in [0.717, 1.165) is 18.2 Å². The van der Waals surface area contributed by atoms with Crippen LogP contribution in [0, 0.1) is 0 Å². The van der Waals surface area contributed by atoms with E-state index in [0.29, 0.717) is 6.04 Å². The number of nitrogens with one attached hydrogen (secondary N) is 2. The van der Waals surface area contributed by atoms with Gasteiger partial charge in [0.25, 0.3) is 5.91 Å². The Hall–Kier alpha value is -1.39. The van der Waals surface area contributed by atoms with Gasteiger partial charge in [-0.3, -0.25) is 9.69 Å². The van der Waals surface area contributed by atoms with Gasteiger partial charge < -0.3 is 10.6 Å². The van der Waals surface area contributed by atoms with Crippen LogP contribution >= 0.6 is 0 Å². The molecule has 1 aromatic rings. The summed E-state index contributed by atoms with van der Waals surface area (Å²) in [5.41, 5.74) is 1.96. The first-order valence-electron chi connectivity index (χ1n) is 7.54. The fraction of sp³-hybridized carbons (Fsp3) is 0.562. The van der Waals surface area contributed by atoms with E-state index >= 15 is 0 Å². The molecule has 1 amide bonds. The Balaban J connectivity index is 1.47. The van der Waals surface area contributed by atoms with Gasteiger partial charge in [0.15, 0.2) is 0 Å². The maximum atomic E-state index is 11.5. The molecule has 1 heterocycles. The van der Waals surface area contributed by atoms with Crippen molar-refractivity contribution in [2.45, 2.75) is 37.9 Å². The van der Waals surface area contributed by atoms with E-state index in [1.807, 2.05) is 24.3 Å². The lowest BCUT2D eigenvalue weighted by atomic mass is 10.1. The van der Waals surface area contributed by atoms with Gasteiger partial charge in [0.2, 0.25) is 0 Å². The number of hydrogen-bond acceptors (Lipinski definition) is 3. The smallest absolute Gasteiger partial charge is 0.251 e. The monoisotopic (exact) mass is 273 g/mol. The molecule has 1 aliphatic carbocycles. The Kier molecular flexibility index (Phi) is 4.03. The Morgan fingerprint density at radius 3 is 2.65 bits per heavy atom. The topological polar surface area (TPSA) is 44.4 Å². The molecule has 1 atom stereocenters. The van der Waals surface area contributed by atoms with Crippen molar-refractivity contribution in [1.82, 2.24) is 15.5 Å². The lowest BCUT2D eigenvalue weighted by Crippen LogP contribution is -2.32. The zero-order chi connectivity index (χ0) is 13.9. The molecule has 1 aliphatic heterocycles. The SMILES string of the molecule is CNC(=O)c1ccc(CNC2CCN(C3CC3)C2)cc1. The molecular weight excluding hydrogens is 250 g/mol. The average Bonchev–Trinajstić information content (AvgIpc) is 3.24. The highest BCUT2D eigenvalue weighted by molar-refractivity contribution is 5.93. The van der Waals surface area contributed by atoms with Gasteiger partial charge in [0.05, 0.1) is 0 Å². The minimum atomic E-state index is -0.0274. The molecule has 4 nitrogen and oxygen atoms in total. The molecule has 1 aromatic carbocycles. The van der Waals surface area contributed by atoms with Crippen molar-refractivity contribution >= 4 is 5.91 Å². The first-order valence-corrected chi connectivity index (χ1v) is 7.54. The molecule has 1 saturated heterocycles. The van der Waals surface area contributed by atoms with Crippen LogP contribution in [0.4, 0.5) is 0 Å². The van der Waals surface area contributed by atoms with Crippen molar-refractivity contribution < 1.29 is 4.79 Å². The van der Waals surface area contributed by atoms with Crippen LogP contribution in [0.3, 0.4) is 0 Å². The summed E-state index contributed by atoms with van der Waals surface area (Å²) < 4.78 is 0. The van der Waals surface area contributed by atoms with Crippen LogP contribution in [-0.4, -0.2) is 43.0 Å². The fourth-order valence-electron chi connectivity index (χ4n) is 2.91. The van der Waals surface area contributed by atoms with Crippen LogP contribution in [0.2, 0.25) is 0 Å². The van der Waals surface area contributed by atoms with Crippen molar-refractivity contribution in [2.75, 3.05) is 20.1 Å². The third kappa shape index (κ3) is 3.19. The summed E-state index contributed by atoms with van der Waals surface area (Å²) in [7, 11) is 1.66. The minimum Gasteiger partial charge on any atom is -0.355 e. The largest absolute Gasteiger partial charge is 0.355 e. The van der Waals surface area contributed by atoms with Crippen LogP contribution in [0.5, 0.6) is 0 Å². The van der Waals surface area contributed by atoms with Gasteiger partial charge in [-0.25, -0.2) is 0 Å². The van der Waals surface area contributed by atoms with E-state index in [1.54, 1.807) is 7.05 Å². The zero-order valence-electron chi connectivity index (χ0n) is 12.1. The van der Waals surface area contributed by atoms with Crippen molar-refractivity contribution in [2.24, 2.45) is 0 Å². The number of likely N-dealkylation sites (tertiary alicyclic amines) is 1. The van der Waals surface area contributed by atoms with E-state index < -0.39 is 0 Å². The molecule has 2 fully saturated rings. The molecule has 0 radical (unpaired) electrons. The standard InChI is InChI=1S/C16H23N3O/c1-17-16(20)13-4-2-12(3-5-13)10-18-14-8-9-19(11-14)15-6-7-15/h2-5,14-15,18H,6-11H2,1H3,(H,17,20). The Labute approximate surface area is 120 Å². The Bertz CT molecular complexity index is 467. The number of carbonyl (C=O) groups is 1. The Morgan fingerprint density at radius 1 is 1.25 bits per heavy atom. The van der Waals surface area contributed by atoms with Gasteiger partial charge in [0, 0.05) is 44.3 Å². The summed E-state index contributed by atoms with van der Waals surface area (Å²) in [6, 6.07) is 9.35. The summed E-state index contributed by atoms with van der Waals surface area (Å²) in [5, 5.41) is 6.27. The summed E-state index contributed by atoms with van der Waals surface area (Å²) in [6.45, 7) is 3.33. The van der Waals surface area contributed by atoms with Crippen molar-refractivity contribution in [3.63, 3.8) is 0 Å². The number of benzene rings is 1. The van der Waals surface area contributed by atoms with E-state index in [1.165, 1.54) is 37.9 Å². The normalized spacial score (nSPS) is 22.9. The molecular formula is C16H23N3O. The second kappa shape index (κ2) is 5.94. The molecule has 4 heteroatoms. The molecule has 1 saturated carbocycles. The molecule has 1 unspecified atom stereocenters. The summed E-state index contributed by atoms with van der Waals surface area (Å²) >= 11 is 0. The molecule has 2 aliphatic rings. The van der Waals surface area contributed by atoms with Crippen molar-refractivity contribution in [3.05, 3.63) is 35.4 Å². The number of rotatable bonds is 5. The third-order valence-corrected chi connectivity index (χ3v) is 4.32. The molecule has 108 valence electrons. The highest BCUT2D eigenvalue weighted by Crippen LogP contribution is 2.29. The second-order valence-electron chi connectivity index (χ2n) is 5.87. The molecule has 0 bridgehead atoms. The van der Waals surface area contributed by atoms with Crippen molar-refractivity contribution in [1.29, 1.82) is 0 Å². The van der Waals surface area contributed by atoms with Crippen LogP contribution in [0.15, 0.2) is 24.3 Å². The summed E-state index contributed by atoms with van der Waals surface area (Å²) in [5.74, 6) is -0.0274. The van der Waals surface area contributed by atoms with E-state index in [4.69, 9.17) is 0 Å². The molecule has 2 N–H and O–H groups in total. The Morgan fingerprint density at radius 2 is 2.00 bits per heavy atom. The quantitative estimate of drug-likeness (QED) is 0.852. The number of amides is 1. The van der Waals surface area contributed by atoms with E-state index in [-0.39, 0.29) is 5.91 Å². The first-order chi connectivity index (χ1) is 9.76. The lowest BCUT2D eigenvalue weighted by molar-refractivity contribution is 0.0963. The molecule has 20 heavy (non-hydrogen) atoms. The molecule has 0 aromatic heterocycles.